The first-order chi connectivity index (χ1) is 8.02. The van der Waals surface area contributed by atoms with Crippen LogP contribution in [0, 0.1) is 16.0 Å². The van der Waals surface area contributed by atoms with Gasteiger partial charge in [0.15, 0.2) is 4.95 Å². The van der Waals surface area contributed by atoms with Crippen LogP contribution in [0.4, 0.5) is 0 Å². The van der Waals surface area contributed by atoms with E-state index < -0.39 is 4.95 Å². The van der Waals surface area contributed by atoms with E-state index in [0.29, 0.717) is 24.8 Å². The molecule has 2 aliphatic rings. The average Bonchev–Trinajstić information content (AvgIpc) is 2.55. The number of nitrogens with one attached hydrogen (secondary N) is 1. The predicted octanol–water partition coefficient (Wildman–Crippen LogP) is 1.46. The number of hydrazine groups is 1. The molecule has 0 amide bonds. The van der Waals surface area contributed by atoms with Gasteiger partial charge in [0.25, 0.3) is 5.70 Å². The first-order valence-electron chi connectivity index (χ1n) is 5.64. The third kappa shape index (κ3) is 2.31. The highest BCUT2D eigenvalue weighted by atomic mass is 79.9. The molecule has 0 aromatic rings. The Labute approximate surface area is 108 Å². The van der Waals surface area contributed by atoms with Crippen LogP contribution in [0.15, 0.2) is 11.4 Å². The number of hydrogen-bond acceptors (Lipinski definition) is 5. The molecule has 0 aliphatic carbocycles. The summed E-state index contributed by atoms with van der Waals surface area (Å²) in [5.41, 5.74) is 4.00. The quantitative estimate of drug-likeness (QED) is 0.362. The zero-order valence-electron chi connectivity index (χ0n) is 9.85. The molecule has 2 rings (SSSR count). The molecular weight excluding hydrogens is 290 g/mol. The molecule has 96 valence electrons. The lowest BCUT2D eigenvalue weighted by Crippen LogP contribution is -2.49. The Morgan fingerprint density at radius 2 is 2.35 bits per heavy atom. The molecule has 17 heavy (non-hydrogen) atoms. The van der Waals surface area contributed by atoms with Gasteiger partial charge in [-0.25, -0.2) is 5.43 Å². The molecule has 1 fully saturated rings. The van der Waals surface area contributed by atoms with Crippen molar-refractivity contribution < 1.29 is 9.66 Å². The summed E-state index contributed by atoms with van der Waals surface area (Å²) in [7, 11) is 0. The summed E-state index contributed by atoms with van der Waals surface area (Å²) in [6.07, 6.45) is 0.885. The summed E-state index contributed by atoms with van der Waals surface area (Å²) in [6.45, 7) is 5.30. The third-order valence-electron chi connectivity index (χ3n) is 3.35. The smallest absolute Gasteiger partial charge is 0.295 e. The topological polar surface area (TPSA) is 67.6 Å². The molecule has 0 radical (unpaired) electrons. The molecule has 0 aromatic heterocycles. The minimum absolute atomic E-state index is 0.198. The second-order valence-electron chi connectivity index (χ2n) is 4.50. The van der Waals surface area contributed by atoms with Crippen molar-refractivity contribution in [2.45, 2.75) is 31.3 Å². The zero-order chi connectivity index (χ0) is 12.6. The van der Waals surface area contributed by atoms with E-state index in [-0.39, 0.29) is 16.7 Å². The molecule has 1 saturated heterocycles. The minimum atomic E-state index is -0.410. The summed E-state index contributed by atoms with van der Waals surface area (Å²) >= 11 is 3.29. The Balaban J connectivity index is 2.20. The molecule has 2 aliphatic heterocycles. The molecule has 0 saturated carbocycles. The maximum absolute atomic E-state index is 11.0. The van der Waals surface area contributed by atoms with Crippen molar-refractivity contribution in [3.05, 3.63) is 21.5 Å². The molecule has 2 heterocycles. The third-order valence-corrected chi connectivity index (χ3v) is 3.99. The maximum Gasteiger partial charge on any atom is 0.295 e. The van der Waals surface area contributed by atoms with Crippen LogP contribution in [0.1, 0.15) is 20.3 Å². The van der Waals surface area contributed by atoms with Gasteiger partial charge in [0, 0.05) is 12.5 Å². The van der Waals surface area contributed by atoms with Gasteiger partial charge >= 0.3 is 0 Å². The van der Waals surface area contributed by atoms with Crippen LogP contribution < -0.4 is 5.43 Å². The van der Waals surface area contributed by atoms with E-state index in [1.807, 2.05) is 5.01 Å². The number of halogens is 1. The van der Waals surface area contributed by atoms with Crippen LogP contribution in [-0.2, 0) is 4.74 Å². The van der Waals surface area contributed by atoms with Gasteiger partial charge < -0.3 is 9.75 Å². The summed E-state index contributed by atoms with van der Waals surface area (Å²) in [6, 6.07) is 0.251. The van der Waals surface area contributed by atoms with Gasteiger partial charge in [-0.1, -0.05) is 22.9 Å². The number of alkyl halides is 1. The highest BCUT2D eigenvalue weighted by Gasteiger charge is 2.41. The van der Waals surface area contributed by atoms with Gasteiger partial charge in [0.05, 0.1) is 17.6 Å². The number of allylic oxidation sites excluding steroid dienone is 1. The lowest BCUT2D eigenvalue weighted by Gasteiger charge is -2.37. The second-order valence-corrected chi connectivity index (χ2v) is 5.41. The number of ether oxygens (including phenoxy) is 1. The second kappa shape index (κ2) is 4.91. The van der Waals surface area contributed by atoms with Crippen LogP contribution in [0.3, 0.4) is 0 Å². The molecule has 0 aromatic carbocycles. The largest absolute Gasteiger partial charge is 0.381 e. The van der Waals surface area contributed by atoms with Gasteiger partial charge in [-0.05, 0) is 13.3 Å². The van der Waals surface area contributed by atoms with Crippen molar-refractivity contribution in [2.75, 3.05) is 13.2 Å². The summed E-state index contributed by atoms with van der Waals surface area (Å²) in [5, 5.41) is 12.9. The molecular formula is C10H16BrN3O3. The van der Waals surface area contributed by atoms with Gasteiger partial charge in [-0.3, -0.25) is 10.1 Å². The van der Waals surface area contributed by atoms with E-state index in [1.54, 1.807) is 6.92 Å². The first kappa shape index (κ1) is 12.8. The van der Waals surface area contributed by atoms with Crippen LogP contribution in [0.5, 0.6) is 0 Å². The Kier molecular flexibility index (Phi) is 3.70. The van der Waals surface area contributed by atoms with Gasteiger partial charge in [0.2, 0.25) is 0 Å². The lowest BCUT2D eigenvalue weighted by molar-refractivity contribution is -0.427. The van der Waals surface area contributed by atoms with Crippen molar-refractivity contribution in [1.82, 2.24) is 10.4 Å². The fraction of sp³-hybridized carbons (Fsp3) is 0.800. The molecule has 7 heteroatoms. The normalized spacial score (nSPS) is 34.3. The monoisotopic (exact) mass is 305 g/mol. The Morgan fingerprint density at radius 1 is 1.65 bits per heavy atom. The summed E-state index contributed by atoms with van der Waals surface area (Å²) in [5.74, 6) is 0.358. The van der Waals surface area contributed by atoms with E-state index in [1.165, 1.54) is 0 Å². The van der Waals surface area contributed by atoms with E-state index >= 15 is 0 Å². The van der Waals surface area contributed by atoms with Crippen LogP contribution in [-0.4, -0.2) is 34.1 Å². The van der Waals surface area contributed by atoms with E-state index in [0.717, 1.165) is 6.42 Å². The maximum atomic E-state index is 11.0. The Morgan fingerprint density at radius 3 is 2.88 bits per heavy atom. The van der Waals surface area contributed by atoms with Crippen LogP contribution >= 0.6 is 15.9 Å². The SMILES string of the molecule is CC1=C([N+](=O)[O-])C(Br)NN1C1CCOCC1C. The van der Waals surface area contributed by atoms with Crippen LogP contribution in [0.2, 0.25) is 0 Å². The highest BCUT2D eigenvalue weighted by Crippen LogP contribution is 2.30. The number of nitro groups is 1. The number of hydrogen-bond donors (Lipinski definition) is 1. The Hall–Kier alpha value is -0.660. The first-order valence-corrected chi connectivity index (χ1v) is 6.56. The number of nitrogens with zero attached hydrogens (tertiary/aromatic N) is 2. The zero-order valence-corrected chi connectivity index (χ0v) is 11.4. The van der Waals surface area contributed by atoms with E-state index in [4.69, 9.17) is 4.74 Å². The van der Waals surface area contributed by atoms with Crippen LogP contribution in [0.25, 0.3) is 0 Å². The number of rotatable bonds is 2. The van der Waals surface area contributed by atoms with Crippen molar-refractivity contribution in [1.29, 1.82) is 0 Å². The lowest BCUT2D eigenvalue weighted by atomic mass is 9.97. The molecule has 3 atom stereocenters. The van der Waals surface area contributed by atoms with Gasteiger partial charge in [-0.2, -0.15) is 0 Å². The molecule has 6 nitrogen and oxygen atoms in total. The van der Waals surface area contributed by atoms with Crippen molar-refractivity contribution in [3.8, 4) is 0 Å². The standard InChI is InChI=1S/C10H16BrN3O3/c1-6-5-17-4-3-8(6)13-7(2)9(14(15)16)10(11)12-13/h6,8,10,12H,3-5H2,1-2H3. The van der Waals surface area contributed by atoms with Gasteiger partial charge in [-0.15, -0.1) is 0 Å². The predicted molar refractivity (Wildman–Crippen MR) is 65.8 cm³/mol. The van der Waals surface area contributed by atoms with E-state index in [9.17, 15) is 10.1 Å². The molecule has 1 N–H and O–H groups in total. The summed E-state index contributed by atoms with van der Waals surface area (Å²) < 4.78 is 5.39. The van der Waals surface area contributed by atoms with Crippen molar-refractivity contribution in [2.24, 2.45) is 5.92 Å². The fourth-order valence-electron chi connectivity index (χ4n) is 2.41. The fourth-order valence-corrected chi connectivity index (χ4v) is 3.13. The molecule has 0 spiro atoms. The van der Waals surface area contributed by atoms with E-state index in [2.05, 4.69) is 28.3 Å². The highest BCUT2D eigenvalue weighted by molar-refractivity contribution is 9.09. The molecule has 0 bridgehead atoms. The minimum Gasteiger partial charge on any atom is -0.381 e. The van der Waals surface area contributed by atoms with Crippen molar-refractivity contribution >= 4 is 15.9 Å². The average molecular weight is 306 g/mol. The van der Waals surface area contributed by atoms with Gasteiger partial charge in [0.1, 0.15) is 5.70 Å². The summed E-state index contributed by atoms with van der Waals surface area (Å²) in [4.78, 5) is 10.2. The van der Waals surface area contributed by atoms with Crippen molar-refractivity contribution in [3.63, 3.8) is 0 Å². The molecule has 3 unspecified atom stereocenters. The Bertz CT molecular complexity index is 361.